The van der Waals surface area contributed by atoms with Crippen molar-refractivity contribution in [1.29, 1.82) is 0 Å². The van der Waals surface area contributed by atoms with Crippen molar-refractivity contribution in [2.45, 2.75) is 13.5 Å². The Kier molecular flexibility index (Phi) is 8.94. The molecule has 0 unspecified atom stereocenters. The SMILES string of the molecule is Cc1cc(Oc2cccc(-c3ncccc3C(=O)O)n2)cc(-c2cccc(CN)c2)c1.Cl.Cl. The van der Waals surface area contributed by atoms with Gasteiger partial charge in [-0.15, -0.1) is 24.8 Å². The van der Waals surface area contributed by atoms with Crippen LogP contribution in [0.3, 0.4) is 0 Å². The minimum Gasteiger partial charge on any atom is -0.478 e. The van der Waals surface area contributed by atoms with Gasteiger partial charge in [0, 0.05) is 18.8 Å². The highest BCUT2D eigenvalue weighted by Crippen LogP contribution is 2.30. The molecule has 2 aromatic carbocycles. The molecule has 0 atom stereocenters. The van der Waals surface area contributed by atoms with Crippen LogP contribution in [0, 0.1) is 6.92 Å². The topological polar surface area (TPSA) is 98.3 Å². The van der Waals surface area contributed by atoms with Gasteiger partial charge in [-0.2, -0.15) is 0 Å². The number of benzene rings is 2. The first-order chi connectivity index (χ1) is 15.0. The average molecular weight is 484 g/mol. The number of aromatic carboxylic acids is 1. The largest absolute Gasteiger partial charge is 0.478 e. The lowest BCUT2D eigenvalue weighted by Crippen LogP contribution is -2.02. The number of carbonyl (C=O) groups is 1. The van der Waals surface area contributed by atoms with Gasteiger partial charge in [0.2, 0.25) is 5.88 Å². The number of hydrogen-bond acceptors (Lipinski definition) is 5. The Balaban J connectivity index is 0.00000193. The lowest BCUT2D eigenvalue weighted by molar-refractivity contribution is 0.0697. The highest BCUT2D eigenvalue weighted by molar-refractivity contribution is 5.94. The number of aryl methyl sites for hydroxylation is 1. The Hall–Kier alpha value is -3.45. The van der Waals surface area contributed by atoms with E-state index < -0.39 is 5.97 Å². The molecule has 4 rings (SSSR count). The molecular weight excluding hydrogens is 461 g/mol. The van der Waals surface area contributed by atoms with Crippen LogP contribution in [0.2, 0.25) is 0 Å². The van der Waals surface area contributed by atoms with E-state index in [1.807, 2.05) is 37.3 Å². The normalized spacial score (nSPS) is 10.0. The van der Waals surface area contributed by atoms with Crippen LogP contribution in [0.5, 0.6) is 11.6 Å². The molecule has 4 aromatic rings. The summed E-state index contributed by atoms with van der Waals surface area (Å²) in [4.78, 5) is 20.2. The summed E-state index contributed by atoms with van der Waals surface area (Å²) in [6.45, 7) is 2.48. The predicted molar refractivity (Wildman–Crippen MR) is 134 cm³/mol. The van der Waals surface area contributed by atoms with Crippen molar-refractivity contribution in [3.05, 3.63) is 95.7 Å². The monoisotopic (exact) mass is 483 g/mol. The Morgan fingerprint density at radius 1 is 0.970 bits per heavy atom. The summed E-state index contributed by atoms with van der Waals surface area (Å²) in [5, 5.41) is 9.43. The molecule has 33 heavy (non-hydrogen) atoms. The number of ether oxygens (including phenoxy) is 1. The molecular formula is C25H23Cl2N3O3. The Morgan fingerprint density at radius 2 is 1.76 bits per heavy atom. The van der Waals surface area contributed by atoms with Crippen molar-refractivity contribution in [3.8, 4) is 34.1 Å². The molecule has 2 aromatic heterocycles. The van der Waals surface area contributed by atoms with Crippen molar-refractivity contribution in [2.75, 3.05) is 0 Å². The minimum atomic E-state index is -1.06. The fraction of sp³-hybridized carbons (Fsp3) is 0.0800. The average Bonchev–Trinajstić information content (AvgIpc) is 2.79. The first kappa shape index (κ1) is 25.8. The van der Waals surface area contributed by atoms with Crippen molar-refractivity contribution in [3.63, 3.8) is 0 Å². The summed E-state index contributed by atoms with van der Waals surface area (Å²) in [5.41, 5.74) is 10.8. The van der Waals surface area contributed by atoms with E-state index in [0.29, 0.717) is 29.6 Å². The zero-order valence-corrected chi connectivity index (χ0v) is 19.4. The number of pyridine rings is 2. The molecule has 0 aliphatic rings. The van der Waals surface area contributed by atoms with Crippen LogP contribution < -0.4 is 10.5 Å². The van der Waals surface area contributed by atoms with Gasteiger partial charge in [0.15, 0.2) is 0 Å². The smallest absolute Gasteiger partial charge is 0.337 e. The van der Waals surface area contributed by atoms with Crippen LogP contribution in [-0.4, -0.2) is 21.0 Å². The third-order valence-corrected chi connectivity index (χ3v) is 4.77. The number of halogens is 2. The zero-order chi connectivity index (χ0) is 21.8. The van der Waals surface area contributed by atoms with Gasteiger partial charge in [-0.25, -0.2) is 9.78 Å². The second-order valence-corrected chi connectivity index (χ2v) is 7.11. The van der Waals surface area contributed by atoms with Crippen LogP contribution >= 0.6 is 24.8 Å². The van der Waals surface area contributed by atoms with Crippen LogP contribution in [0.15, 0.2) is 79.0 Å². The summed E-state index contributed by atoms with van der Waals surface area (Å²) < 4.78 is 6.03. The van der Waals surface area contributed by atoms with E-state index in [1.54, 1.807) is 30.5 Å². The lowest BCUT2D eigenvalue weighted by atomic mass is 10.0. The molecule has 3 N–H and O–H groups in total. The first-order valence-corrected chi connectivity index (χ1v) is 9.78. The summed E-state index contributed by atoms with van der Waals surface area (Å²) >= 11 is 0. The molecule has 0 saturated carbocycles. The van der Waals surface area contributed by atoms with Gasteiger partial charge >= 0.3 is 5.97 Å². The first-order valence-electron chi connectivity index (χ1n) is 9.78. The van der Waals surface area contributed by atoms with Gasteiger partial charge in [0.1, 0.15) is 11.4 Å². The van der Waals surface area contributed by atoms with Gasteiger partial charge in [0.05, 0.1) is 11.3 Å². The molecule has 0 fully saturated rings. The third kappa shape index (κ3) is 6.08. The maximum absolute atomic E-state index is 11.5. The Labute approximate surface area is 204 Å². The molecule has 0 saturated heterocycles. The number of nitrogens with zero attached hydrogens (tertiary/aromatic N) is 2. The molecule has 0 amide bonds. The Bertz CT molecular complexity index is 1270. The lowest BCUT2D eigenvalue weighted by Gasteiger charge is -2.11. The van der Waals surface area contributed by atoms with Gasteiger partial charge < -0.3 is 15.6 Å². The number of nitrogens with two attached hydrogens (primary N) is 1. The van der Waals surface area contributed by atoms with Gasteiger partial charge in [-0.05, 0) is 65.6 Å². The fourth-order valence-corrected chi connectivity index (χ4v) is 3.36. The van der Waals surface area contributed by atoms with Gasteiger partial charge in [-0.1, -0.05) is 30.3 Å². The van der Waals surface area contributed by atoms with Crippen LogP contribution in [0.4, 0.5) is 0 Å². The molecule has 0 radical (unpaired) electrons. The van der Waals surface area contributed by atoms with E-state index in [2.05, 4.69) is 22.1 Å². The summed E-state index contributed by atoms with van der Waals surface area (Å²) in [6.07, 6.45) is 1.54. The number of carboxylic acid groups (broad SMARTS) is 1. The van der Waals surface area contributed by atoms with Crippen LogP contribution in [0.25, 0.3) is 22.5 Å². The number of hydrogen-bond donors (Lipinski definition) is 2. The second kappa shape index (κ2) is 11.4. The van der Waals surface area contributed by atoms with Crippen molar-refractivity contribution in [2.24, 2.45) is 5.73 Å². The highest BCUT2D eigenvalue weighted by atomic mass is 35.5. The van der Waals surface area contributed by atoms with E-state index in [-0.39, 0.29) is 30.4 Å². The van der Waals surface area contributed by atoms with E-state index in [0.717, 1.165) is 22.3 Å². The van der Waals surface area contributed by atoms with E-state index in [9.17, 15) is 9.90 Å². The Morgan fingerprint density at radius 3 is 2.52 bits per heavy atom. The predicted octanol–water partition coefficient (Wildman–Crippen LogP) is 5.91. The standard InChI is InChI=1S/C25H21N3O3.2ClH/c1-16-11-19(18-6-2-5-17(13-18)15-26)14-20(12-16)31-23-9-3-8-22(28-23)24-21(25(29)30)7-4-10-27-24;;/h2-14H,15,26H2,1H3,(H,29,30);2*1H. The highest BCUT2D eigenvalue weighted by Gasteiger charge is 2.14. The molecule has 0 aliphatic carbocycles. The van der Waals surface area contributed by atoms with Crippen LogP contribution in [0.1, 0.15) is 21.5 Å². The van der Waals surface area contributed by atoms with Crippen molar-refractivity contribution in [1.82, 2.24) is 9.97 Å². The summed E-state index contributed by atoms with van der Waals surface area (Å²) in [6, 6.07) is 22.3. The van der Waals surface area contributed by atoms with Crippen molar-refractivity contribution >= 4 is 30.8 Å². The quantitative estimate of drug-likeness (QED) is 0.353. The van der Waals surface area contributed by atoms with Gasteiger partial charge in [0.25, 0.3) is 0 Å². The second-order valence-electron chi connectivity index (χ2n) is 7.11. The summed E-state index contributed by atoms with van der Waals surface area (Å²) in [5.74, 6) is -0.0664. The molecule has 0 bridgehead atoms. The van der Waals surface area contributed by atoms with E-state index >= 15 is 0 Å². The van der Waals surface area contributed by atoms with Gasteiger partial charge in [-0.3, -0.25) is 4.98 Å². The number of aromatic nitrogens is 2. The van der Waals surface area contributed by atoms with Crippen molar-refractivity contribution < 1.29 is 14.6 Å². The van der Waals surface area contributed by atoms with Crippen LogP contribution in [-0.2, 0) is 6.54 Å². The molecule has 8 heteroatoms. The summed E-state index contributed by atoms with van der Waals surface area (Å²) in [7, 11) is 0. The molecule has 2 heterocycles. The maximum atomic E-state index is 11.5. The van der Waals surface area contributed by atoms with E-state index in [1.165, 1.54) is 6.07 Å². The minimum absolute atomic E-state index is 0. The zero-order valence-electron chi connectivity index (χ0n) is 17.8. The third-order valence-electron chi connectivity index (χ3n) is 4.77. The van der Waals surface area contributed by atoms with E-state index in [4.69, 9.17) is 10.5 Å². The molecule has 0 spiro atoms. The molecule has 6 nitrogen and oxygen atoms in total. The number of rotatable bonds is 6. The maximum Gasteiger partial charge on any atom is 0.337 e. The molecule has 0 aliphatic heterocycles. The molecule has 170 valence electrons. The fourth-order valence-electron chi connectivity index (χ4n) is 3.36. The number of carboxylic acids is 1.